The molecule has 0 aromatic heterocycles. The summed E-state index contributed by atoms with van der Waals surface area (Å²) in [4.78, 5) is 11.3. The summed E-state index contributed by atoms with van der Waals surface area (Å²) in [6.45, 7) is 0.840. The molecular formula is C12H18ClFN2O3. The molecule has 0 atom stereocenters. The Morgan fingerprint density at radius 3 is 2.68 bits per heavy atom. The van der Waals surface area contributed by atoms with Crippen molar-refractivity contribution in [3.8, 4) is 5.75 Å². The van der Waals surface area contributed by atoms with E-state index in [0.717, 1.165) is 0 Å². The molecule has 0 aliphatic rings. The monoisotopic (exact) mass is 292 g/mol. The van der Waals surface area contributed by atoms with Crippen molar-refractivity contribution in [2.75, 3.05) is 39.2 Å². The van der Waals surface area contributed by atoms with Gasteiger partial charge in [0.25, 0.3) is 0 Å². The Hall–Kier alpha value is -1.37. The van der Waals surface area contributed by atoms with Gasteiger partial charge in [-0.2, -0.15) is 0 Å². The van der Waals surface area contributed by atoms with Gasteiger partial charge in [0.05, 0.1) is 13.2 Å². The number of carbonyl (C=O) groups excluding carboxylic acids is 1. The highest BCUT2D eigenvalue weighted by Crippen LogP contribution is 2.21. The van der Waals surface area contributed by atoms with Crippen LogP contribution in [0, 0.1) is 5.82 Å². The van der Waals surface area contributed by atoms with E-state index in [4.69, 9.17) is 9.47 Å². The van der Waals surface area contributed by atoms with Crippen LogP contribution in [0.1, 0.15) is 0 Å². The van der Waals surface area contributed by atoms with Crippen LogP contribution in [0.2, 0.25) is 0 Å². The van der Waals surface area contributed by atoms with E-state index in [9.17, 15) is 9.18 Å². The van der Waals surface area contributed by atoms with Crippen LogP contribution in [0.15, 0.2) is 18.2 Å². The number of nitrogens with one attached hydrogen (secondary N) is 2. The van der Waals surface area contributed by atoms with E-state index in [1.54, 1.807) is 20.2 Å². The highest BCUT2D eigenvalue weighted by atomic mass is 35.5. The molecule has 0 aliphatic carbocycles. The average Bonchev–Trinajstić information content (AvgIpc) is 2.32. The molecule has 0 heterocycles. The van der Waals surface area contributed by atoms with Gasteiger partial charge in [-0.15, -0.1) is 12.4 Å². The summed E-state index contributed by atoms with van der Waals surface area (Å²) in [7, 11) is 3.20. The number of rotatable bonds is 7. The van der Waals surface area contributed by atoms with Crippen LogP contribution in [0.4, 0.5) is 10.1 Å². The van der Waals surface area contributed by atoms with E-state index >= 15 is 0 Å². The van der Waals surface area contributed by atoms with E-state index < -0.39 is 5.82 Å². The molecule has 5 nitrogen and oxygen atoms in total. The lowest BCUT2D eigenvalue weighted by molar-refractivity contribution is -0.115. The number of halogens is 2. The molecular weight excluding hydrogens is 275 g/mol. The summed E-state index contributed by atoms with van der Waals surface area (Å²) in [6, 6.07) is 4.27. The zero-order chi connectivity index (χ0) is 13.4. The van der Waals surface area contributed by atoms with Crippen LogP contribution in [-0.4, -0.2) is 39.8 Å². The lowest BCUT2D eigenvalue weighted by atomic mass is 10.3. The first-order chi connectivity index (χ1) is 8.67. The molecule has 0 aliphatic heterocycles. The predicted molar refractivity (Wildman–Crippen MR) is 73.6 cm³/mol. The number of ether oxygens (including phenoxy) is 2. The Morgan fingerprint density at radius 2 is 2.11 bits per heavy atom. The zero-order valence-electron chi connectivity index (χ0n) is 10.9. The van der Waals surface area contributed by atoms with Crippen molar-refractivity contribution in [3.63, 3.8) is 0 Å². The van der Waals surface area contributed by atoms with Gasteiger partial charge in [-0.05, 0) is 19.2 Å². The molecule has 2 N–H and O–H groups in total. The second kappa shape index (κ2) is 9.55. The van der Waals surface area contributed by atoms with Gasteiger partial charge in [0.2, 0.25) is 5.91 Å². The predicted octanol–water partition coefficient (Wildman–Crippen LogP) is 1.43. The quantitative estimate of drug-likeness (QED) is 0.747. The highest BCUT2D eigenvalue weighted by molar-refractivity contribution is 5.92. The molecule has 19 heavy (non-hydrogen) atoms. The lowest BCUT2D eigenvalue weighted by Gasteiger charge is -2.09. The SMILES string of the molecule is CNCC(=O)Nc1ccc(OCCOC)c(F)c1.Cl. The second-order valence-electron chi connectivity index (χ2n) is 3.56. The summed E-state index contributed by atoms with van der Waals surface area (Å²) in [5, 5.41) is 5.26. The van der Waals surface area contributed by atoms with Crippen LogP contribution >= 0.6 is 12.4 Å². The fourth-order valence-electron chi connectivity index (χ4n) is 1.30. The standard InChI is InChI=1S/C12H17FN2O3.ClH/c1-14-8-12(16)15-9-3-4-11(10(13)7-9)18-6-5-17-2;/h3-4,7,14H,5-6,8H2,1-2H3,(H,15,16);1H. The highest BCUT2D eigenvalue weighted by Gasteiger charge is 2.06. The number of amides is 1. The maximum atomic E-state index is 13.6. The summed E-state index contributed by atoms with van der Waals surface area (Å²) in [5.41, 5.74) is 0.395. The molecule has 0 radical (unpaired) electrons. The first kappa shape index (κ1) is 17.6. The van der Waals surface area contributed by atoms with Gasteiger partial charge < -0.3 is 20.1 Å². The number of benzene rings is 1. The van der Waals surface area contributed by atoms with Crippen LogP contribution in [0.25, 0.3) is 0 Å². The Kier molecular flexibility index (Phi) is 8.86. The third-order valence-electron chi connectivity index (χ3n) is 2.10. The minimum atomic E-state index is -0.520. The minimum absolute atomic E-state index is 0. The van der Waals surface area contributed by atoms with Crippen molar-refractivity contribution < 1.29 is 18.7 Å². The van der Waals surface area contributed by atoms with Gasteiger partial charge in [0.1, 0.15) is 6.61 Å². The van der Waals surface area contributed by atoms with Gasteiger partial charge in [-0.1, -0.05) is 0 Å². The molecule has 1 aromatic rings. The molecule has 1 aromatic carbocycles. The number of hydrogen-bond donors (Lipinski definition) is 2. The Morgan fingerprint density at radius 1 is 1.37 bits per heavy atom. The van der Waals surface area contributed by atoms with Crippen LogP contribution < -0.4 is 15.4 Å². The summed E-state index contributed by atoms with van der Waals surface area (Å²) in [6.07, 6.45) is 0. The fourth-order valence-corrected chi connectivity index (χ4v) is 1.30. The first-order valence-corrected chi connectivity index (χ1v) is 5.53. The molecule has 108 valence electrons. The van der Waals surface area contributed by atoms with Crippen LogP contribution in [0.3, 0.4) is 0 Å². The maximum absolute atomic E-state index is 13.6. The number of anilines is 1. The van der Waals surface area contributed by atoms with Gasteiger partial charge in [-0.25, -0.2) is 4.39 Å². The lowest BCUT2D eigenvalue weighted by Crippen LogP contribution is -2.25. The molecule has 0 saturated carbocycles. The molecule has 1 rings (SSSR count). The third kappa shape index (κ3) is 6.37. The summed E-state index contributed by atoms with van der Waals surface area (Å²) in [5.74, 6) is -0.614. The molecule has 0 saturated heterocycles. The summed E-state index contributed by atoms with van der Waals surface area (Å²) < 4.78 is 23.5. The van der Waals surface area contributed by atoms with Gasteiger partial charge in [0.15, 0.2) is 11.6 Å². The van der Waals surface area contributed by atoms with E-state index in [0.29, 0.717) is 12.3 Å². The Balaban J connectivity index is 0.00000324. The smallest absolute Gasteiger partial charge is 0.238 e. The van der Waals surface area contributed by atoms with Gasteiger partial charge in [0, 0.05) is 18.9 Å². The molecule has 7 heteroatoms. The van der Waals surface area contributed by atoms with E-state index in [2.05, 4.69) is 10.6 Å². The van der Waals surface area contributed by atoms with Gasteiger partial charge in [-0.3, -0.25) is 4.79 Å². The van der Waals surface area contributed by atoms with Crippen molar-refractivity contribution in [3.05, 3.63) is 24.0 Å². The topological polar surface area (TPSA) is 59.6 Å². The van der Waals surface area contributed by atoms with Crippen molar-refractivity contribution in [1.29, 1.82) is 0 Å². The van der Waals surface area contributed by atoms with E-state index in [1.807, 2.05) is 0 Å². The van der Waals surface area contributed by atoms with Gasteiger partial charge >= 0.3 is 0 Å². The second-order valence-corrected chi connectivity index (χ2v) is 3.56. The van der Waals surface area contributed by atoms with Crippen molar-refractivity contribution in [1.82, 2.24) is 5.32 Å². The zero-order valence-corrected chi connectivity index (χ0v) is 11.7. The molecule has 0 fully saturated rings. The molecule has 1 amide bonds. The normalized spacial score (nSPS) is 9.63. The fraction of sp³-hybridized carbons (Fsp3) is 0.417. The Labute approximate surface area is 117 Å². The molecule has 0 unspecified atom stereocenters. The van der Waals surface area contributed by atoms with E-state index in [1.165, 1.54) is 12.1 Å². The molecule has 0 spiro atoms. The van der Waals surface area contributed by atoms with Crippen molar-refractivity contribution >= 4 is 24.0 Å². The Bertz CT molecular complexity index is 405. The van der Waals surface area contributed by atoms with E-state index in [-0.39, 0.29) is 37.2 Å². The number of methoxy groups -OCH3 is 1. The van der Waals surface area contributed by atoms with Crippen LogP contribution in [0.5, 0.6) is 5.75 Å². The van der Waals surface area contributed by atoms with Crippen molar-refractivity contribution in [2.24, 2.45) is 0 Å². The number of likely N-dealkylation sites (N-methyl/N-ethyl adjacent to an activating group) is 1. The number of carbonyl (C=O) groups is 1. The largest absolute Gasteiger partial charge is 0.488 e. The third-order valence-corrected chi connectivity index (χ3v) is 2.10. The van der Waals surface area contributed by atoms with Crippen molar-refractivity contribution in [2.45, 2.75) is 0 Å². The molecule has 0 bridgehead atoms. The first-order valence-electron chi connectivity index (χ1n) is 5.53. The minimum Gasteiger partial charge on any atom is -0.488 e. The average molecular weight is 293 g/mol. The number of hydrogen-bond acceptors (Lipinski definition) is 4. The van der Waals surface area contributed by atoms with Crippen LogP contribution in [-0.2, 0) is 9.53 Å². The maximum Gasteiger partial charge on any atom is 0.238 e. The summed E-state index contributed by atoms with van der Waals surface area (Å²) >= 11 is 0.